The van der Waals surface area contributed by atoms with Crippen molar-refractivity contribution in [2.75, 3.05) is 4.90 Å². The molecule has 9 aromatic rings. The van der Waals surface area contributed by atoms with E-state index in [1.54, 1.807) is 0 Å². The van der Waals surface area contributed by atoms with Crippen LogP contribution in [0.2, 0.25) is 0 Å². The summed E-state index contributed by atoms with van der Waals surface area (Å²) in [7, 11) is 0. The minimum Gasteiger partial charge on any atom is -0.309 e. The summed E-state index contributed by atoms with van der Waals surface area (Å²) in [6.07, 6.45) is 0. The first-order chi connectivity index (χ1) is 26.3. The van der Waals surface area contributed by atoms with E-state index < -0.39 is 0 Å². The Labute approximate surface area is 311 Å². The Morgan fingerprint density at radius 2 is 0.642 bits per heavy atom. The number of hydrogen-bond donors (Lipinski definition) is 0. The molecule has 0 spiro atoms. The van der Waals surface area contributed by atoms with Crippen molar-refractivity contribution in [2.24, 2.45) is 0 Å². The highest BCUT2D eigenvalue weighted by atomic mass is 15.1. The van der Waals surface area contributed by atoms with Crippen LogP contribution in [-0.2, 0) is 0 Å². The number of nitrogens with zero attached hydrogens (tertiary/aromatic N) is 1. The summed E-state index contributed by atoms with van der Waals surface area (Å²) in [6, 6.07) is 80.9. The lowest BCUT2D eigenvalue weighted by molar-refractivity contribution is 1.28. The third-order valence-corrected chi connectivity index (χ3v) is 10.1. The highest BCUT2D eigenvalue weighted by molar-refractivity contribution is 5.99. The molecule has 0 saturated heterocycles. The molecular formula is C52H37N. The molecule has 0 fully saturated rings. The molecule has 0 atom stereocenters. The summed E-state index contributed by atoms with van der Waals surface area (Å²) < 4.78 is 0. The van der Waals surface area contributed by atoms with E-state index in [1.165, 1.54) is 55.3 Å². The monoisotopic (exact) mass is 675 g/mol. The molecule has 0 aliphatic rings. The van der Waals surface area contributed by atoms with Gasteiger partial charge in [-0.05, 0) is 91.7 Å². The van der Waals surface area contributed by atoms with Crippen LogP contribution in [0.5, 0.6) is 0 Å². The SMILES string of the molecule is c1ccc(-c2cccc(-c3ccccc3N(c3cccc(-c4ccccc4)c3)c3ccccc3-c3cccc(-c4cccc5ccccc45)c3)c2)cc1. The van der Waals surface area contributed by atoms with Crippen molar-refractivity contribution in [2.45, 2.75) is 0 Å². The van der Waals surface area contributed by atoms with Gasteiger partial charge in [-0.15, -0.1) is 0 Å². The zero-order chi connectivity index (χ0) is 35.4. The fourth-order valence-electron chi connectivity index (χ4n) is 7.52. The largest absolute Gasteiger partial charge is 0.309 e. The second-order valence-corrected chi connectivity index (χ2v) is 13.3. The molecule has 0 bridgehead atoms. The predicted molar refractivity (Wildman–Crippen MR) is 226 cm³/mol. The Morgan fingerprint density at radius 3 is 1.28 bits per heavy atom. The minimum atomic E-state index is 1.09. The summed E-state index contributed by atoms with van der Waals surface area (Å²) in [5.74, 6) is 0. The molecular weight excluding hydrogens is 639 g/mol. The van der Waals surface area contributed by atoms with Crippen LogP contribution < -0.4 is 4.90 Å². The van der Waals surface area contributed by atoms with Crippen molar-refractivity contribution in [3.8, 4) is 55.6 Å². The zero-order valence-corrected chi connectivity index (χ0v) is 29.3. The first-order valence-electron chi connectivity index (χ1n) is 18.2. The van der Waals surface area contributed by atoms with Gasteiger partial charge in [-0.1, -0.05) is 188 Å². The zero-order valence-electron chi connectivity index (χ0n) is 29.3. The molecule has 0 amide bonds. The number of fused-ring (bicyclic) bond motifs is 1. The molecule has 0 aromatic heterocycles. The molecule has 1 heteroatoms. The van der Waals surface area contributed by atoms with Crippen LogP contribution in [0.15, 0.2) is 224 Å². The highest BCUT2D eigenvalue weighted by Crippen LogP contribution is 2.46. The first-order valence-corrected chi connectivity index (χ1v) is 18.2. The topological polar surface area (TPSA) is 3.24 Å². The lowest BCUT2D eigenvalue weighted by Crippen LogP contribution is -2.12. The molecule has 0 unspecified atom stereocenters. The van der Waals surface area contributed by atoms with Gasteiger partial charge in [0.1, 0.15) is 0 Å². The van der Waals surface area contributed by atoms with E-state index in [9.17, 15) is 0 Å². The number of rotatable bonds is 8. The minimum absolute atomic E-state index is 1.09. The van der Waals surface area contributed by atoms with E-state index in [2.05, 4.69) is 229 Å². The summed E-state index contributed by atoms with van der Waals surface area (Å²) >= 11 is 0. The summed E-state index contributed by atoms with van der Waals surface area (Å²) in [4.78, 5) is 2.44. The number of benzene rings is 9. The van der Waals surface area contributed by atoms with Crippen LogP contribution in [0.4, 0.5) is 17.1 Å². The molecule has 0 aliphatic carbocycles. The van der Waals surface area contributed by atoms with E-state index in [0.29, 0.717) is 0 Å². The number of anilines is 3. The van der Waals surface area contributed by atoms with Crippen LogP contribution in [0.25, 0.3) is 66.4 Å². The summed E-state index contributed by atoms with van der Waals surface area (Å²) in [6.45, 7) is 0. The fraction of sp³-hybridized carbons (Fsp3) is 0. The van der Waals surface area contributed by atoms with Gasteiger partial charge in [0, 0.05) is 16.8 Å². The smallest absolute Gasteiger partial charge is 0.0540 e. The lowest BCUT2D eigenvalue weighted by Gasteiger charge is -2.30. The van der Waals surface area contributed by atoms with Gasteiger partial charge in [0.05, 0.1) is 11.4 Å². The second-order valence-electron chi connectivity index (χ2n) is 13.3. The van der Waals surface area contributed by atoms with Crippen molar-refractivity contribution in [3.05, 3.63) is 224 Å². The maximum absolute atomic E-state index is 2.44. The quantitative estimate of drug-likeness (QED) is 0.155. The van der Waals surface area contributed by atoms with Gasteiger partial charge < -0.3 is 4.90 Å². The van der Waals surface area contributed by atoms with Crippen LogP contribution >= 0.6 is 0 Å². The molecule has 250 valence electrons. The van der Waals surface area contributed by atoms with Crippen molar-refractivity contribution >= 4 is 27.8 Å². The maximum atomic E-state index is 2.44. The molecule has 0 heterocycles. The van der Waals surface area contributed by atoms with E-state index in [4.69, 9.17) is 0 Å². The molecule has 0 N–H and O–H groups in total. The highest BCUT2D eigenvalue weighted by Gasteiger charge is 2.21. The van der Waals surface area contributed by atoms with Gasteiger partial charge in [-0.2, -0.15) is 0 Å². The molecule has 9 rings (SSSR count). The van der Waals surface area contributed by atoms with Crippen LogP contribution in [0.1, 0.15) is 0 Å². The summed E-state index contributed by atoms with van der Waals surface area (Å²) in [5.41, 5.74) is 15.2. The third kappa shape index (κ3) is 6.42. The van der Waals surface area contributed by atoms with Gasteiger partial charge in [0.2, 0.25) is 0 Å². The first kappa shape index (κ1) is 32.0. The van der Waals surface area contributed by atoms with Gasteiger partial charge >= 0.3 is 0 Å². The third-order valence-electron chi connectivity index (χ3n) is 10.1. The maximum Gasteiger partial charge on any atom is 0.0540 e. The van der Waals surface area contributed by atoms with Crippen LogP contribution in [-0.4, -0.2) is 0 Å². The van der Waals surface area contributed by atoms with Gasteiger partial charge in [-0.3, -0.25) is 0 Å². The van der Waals surface area contributed by atoms with E-state index in [-0.39, 0.29) is 0 Å². The Morgan fingerprint density at radius 1 is 0.245 bits per heavy atom. The predicted octanol–water partition coefficient (Wildman–Crippen LogP) is 14.6. The number of para-hydroxylation sites is 2. The standard InChI is InChI=1S/C52H37N/c1-3-17-38(18-4-1)41-23-13-26-44(35-41)49-30-9-11-33-51(49)53(46-28-15-24-42(37-46)39-19-5-2-6-20-39)52-34-12-10-31-50(52)45-27-14-25-43(36-45)48-32-16-22-40-21-7-8-29-47(40)48/h1-37H. The van der Waals surface area contributed by atoms with E-state index in [0.717, 1.165) is 28.2 Å². The average molecular weight is 676 g/mol. The Hall–Kier alpha value is -6.96. The summed E-state index contributed by atoms with van der Waals surface area (Å²) in [5, 5.41) is 2.50. The molecule has 9 aromatic carbocycles. The van der Waals surface area contributed by atoms with Gasteiger partial charge in [0.25, 0.3) is 0 Å². The molecule has 1 nitrogen and oxygen atoms in total. The Kier molecular flexibility index (Phi) is 8.66. The lowest BCUT2D eigenvalue weighted by atomic mass is 9.93. The van der Waals surface area contributed by atoms with Crippen molar-refractivity contribution in [3.63, 3.8) is 0 Å². The van der Waals surface area contributed by atoms with Crippen LogP contribution in [0, 0.1) is 0 Å². The van der Waals surface area contributed by atoms with E-state index in [1.807, 2.05) is 0 Å². The number of hydrogen-bond acceptors (Lipinski definition) is 1. The van der Waals surface area contributed by atoms with E-state index >= 15 is 0 Å². The molecule has 0 saturated carbocycles. The van der Waals surface area contributed by atoms with Crippen molar-refractivity contribution < 1.29 is 0 Å². The van der Waals surface area contributed by atoms with Crippen LogP contribution in [0.3, 0.4) is 0 Å². The van der Waals surface area contributed by atoms with Gasteiger partial charge in [-0.25, -0.2) is 0 Å². The molecule has 0 aliphatic heterocycles. The Balaban J connectivity index is 1.24. The Bertz CT molecular complexity index is 2670. The van der Waals surface area contributed by atoms with Crippen molar-refractivity contribution in [1.29, 1.82) is 0 Å². The average Bonchev–Trinajstić information content (AvgIpc) is 3.25. The molecule has 53 heavy (non-hydrogen) atoms. The fourth-order valence-corrected chi connectivity index (χ4v) is 7.52. The normalized spacial score (nSPS) is 11.0. The molecule has 0 radical (unpaired) electrons. The second kappa shape index (κ2) is 14.3. The van der Waals surface area contributed by atoms with Gasteiger partial charge in [0.15, 0.2) is 0 Å². The van der Waals surface area contributed by atoms with Crippen molar-refractivity contribution in [1.82, 2.24) is 0 Å².